The fourth-order valence-corrected chi connectivity index (χ4v) is 10.3. The van der Waals surface area contributed by atoms with Gasteiger partial charge in [-0.15, -0.1) is 18.0 Å². The van der Waals surface area contributed by atoms with E-state index in [-0.39, 0.29) is 7.43 Å². The number of fused-ring (bicyclic) bond motifs is 3. The molecule has 1 unspecified atom stereocenters. The third-order valence-electron chi connectivity index (χ3n) is 6.90. The van der Waals surface area contributed by atoms with Gasteiger partial charge in [0.1, 0.15) is 0 Å². The summed E-state index contributed by atoms with van der Waals surface area (Å²) < 4.78 is 2.68. The molecule has 6 heteroatoms. The Morgan fingerprint density at radius 3 is 2.09 bits per heavy atom. The number of rotatable bonds is 3. The molecule has 1 fully saturated rings. The monoisotopic (exact) mass is 516 g/mol. The van der Waals surface area contributed by atoms with Crippen molar-refractivity contribution in [2.75, 3.05) is 4.57 Å². The number of benzene rings is 2. The first-order valence-corrected chi connectivity index (χ1v) is 18.0. The summed E-state index contributed by atoms with van der Waals surface area (Å²) >= 11 is -0.556. The van der Waals surface area contributed by atoms with Crippen LogP contribution >= 0.6 is 18.6 Å². The molecule has 0 radical (unpaired) electrons. The van der Waals surface area contributed by atoms with E-state index in [1.165, 1.54) is 17.8 Å². The Hall–Kier alpha value is -1.23. The summed E-state index contributed by atoms with van der Waals surface area (Å²) in [6, 6.07) is 17.3. The number of hydrogen-bond acceptors (Lipinski definition) is 1. The molecule has 168 valence electrons. The first kappa shape index (κ1) is 25.4. The summed E-state index contributed by atoms with van der Waals surface area (Å²) in [5.41, 5.74) is 5.32. The van der Waals surface area contributed by atoms with Gasteiger partial charge in [0, 0.05) is 11.4 Å². The Bertz CT molecular complexity index is 961. The van der Waals surface area contributed by atoms with Crippen molar-refractivity contribution >= 4 is 49.6 Å². The third kappa shape index (κ3) is 4.56. The average Bonchev–Trinajstić information content (AvgIpc) is 3.17. The normalized spacial score (nSPS) is 24.6. The van der Waals surface area contributed by atoms with Crippen molar-refractivity contribution in [2.24, 2.45) is 17.8 Å². The molecule has 1 aliphatic heterocycles. The van der Waals surface area contributed by atoms with Crippen LogP contribution in [0.5, 0.6) is 0 Å². The average molecular weight is 517 g/mol. The standard InChI is InChI=1S/C25H27N2Si.CH3.2ClH.Ti/c1-4-18-17-19-11-5-6-12-20(19)25(18)28(2,3)27-23-15-9-7-13-21(23)26-22-14-8-10-16-24(22)27;;;;/h4-16,18-20,25H,1,17H2,2-3H3;1H3;2*1H;/q2*-1;;;+2/p-2/t18-,19+,20+,25?;;;;/m1..../s1. The van der Waals surface area contributed by atoms with E-state index in [1.807, 2.05) is 0 Å². The van der Waals surface area contributed by atoms with Crippen molar-refractivity contribution in [2.45, 2.75) is 25.1 Å². The van der Waals surface area contributed by atoms with Crippen molar-refractivity contribution in [3.63, 3.8) is 0 Å². The molecule has 0 saturated heterocycles. The predicted octanol–water partition coefficient (Wildman–Crippen LogP) is 9.44. The van der Waals surface area contributed by atoms with E-state index in [0.717, 1.165) is 11.4 Å². The number of nitrogens with zero attached hydrogens (tertiary/aromatic N) is 2. The molecule has 32 heavy (non-hydrogen) atoms. The quantitative estimate of drug-likeness (QED) is 0.225. The van der Waals surface area contributed by atoms with Crippen LogP contribution in [0.15, 0.2) is 85.5 Å². The van der Waals surface area contributed by atoms with Gasteiger partial charge in [-0.2, -0.15) is 0 Å². The van der Waals surface area contributed by atoms with Gasteiger partial charge in [-0.25, -0.2) is 0 Å². The van der Waals surface area contributed by atoms with E-state index < -0.39 is 25.3 Å². The SMILES string of the molecule is C=C[C@@H]1C[C@@H]2C=CC=C[C@@H]2C1[Si](C)(C)N1c2ccccc2[N-]c2ccccc21.[CH3-].[Cl][Ti][Cl]. The summed E-state index contributed by atoms with van der Waals surface area (Å²) in [5, 5.41) is 4.96. The minimum atomic E-state index is -1.95. The van der Waals surface area contributed by atoms with E-state index in [9.17, 15) is 0 Å². The second-order valence-corrected chi connectivity index (χ2v) is 15.8. The third-order valence-corrected chi connectivity index (χ3v) is 11.0. The van der Waals surface area contributed by atoms with Crippen molar-refractivity contribution < 1.29 is 17.0 Å². The van der Waals surface area contributed by atoms with E-state index >= 15 is 0 Å². The molecule has 1 saturated carbocycles. The van der Waals surface area contributed by atoms with Crippen LogP contribution in [-0.4, -0.2) is 8.24 Å². The Kier molecular flexibility index (Phi) is 8.57. The molecule has 1 heterocycles. The van der Waals surface area contributed by atoms with Crippen molar-refractivity contribution in [1.29, 1.82) is 0 Å². The topological polar surface area (TPSA) is 17.3 Å². The van der Waals surface area contributed by atoms with Crippen molar-refractivity contribution in [1.82, 2.24) is 0 Å². The van der Waals surface area contributed by atoms with Crippen molar-refractivity contribution in [3.8, 4) is 0 Å². The summed E-state index contributed by atoms with van der Waals surface area (Å²) in [6.07, 6.45) is 12.8. The minimum absolute atomic E-state index is 0. The Morgan fingerprint density at radius 2 is 1.53 bits per heavy atom. The fraction of sp³-hybridized carbons (Fsp3) is 0.269. The molecule has 0 spiro atoms. The van der Waals surface area contributed by atoms with E-state index in [0.29, 0.717) is 23.3 Å². The first-order chi connectivity index (χ1) is 15.0. The number of hydrogen-bond donors (Lipinski definition) is 0. The maximum absolute atomic E-state index is 4.96. The molecular formula is C26H30Cl2N2SiTi-2. The molecule has 2 aliphatic carbocycles. The molecule has 0 aromatic heterocycles. The van der Waals surface area contributed by atoms with Crippen molar-refractivity contribution in [3.05, 3.63) is 98.2 Å². The molecule has 3 aliphatic rings. The van der Waals surface area contributed by atoms with Gasteiger partial charge in [0.15, 0.2) is 8.24 Å². The van der Waals surface area contributed by atoms with Crippen LogP contribution in [0.2, 0.25) is 18.6 Å². The van der Waals surface area contributed by atoms with Crippen LogP contribution in [0.3, 0.4) is 0 Å². The van der Waals surface area contributed by atoms with Gasteiger partial charge < -0.3 is 17.3 Å². The Labute approximate surface area is 211 Å². The summed E-state index contributed by atoms with van der Waals surface area (Å²) in [7, 11) is 7.83. The summed E-state index contributed by atoms with van der Waals surface area (Å²) in [5.74, 6) is 1.81. The Morgan fingerprint density at radius 1 is 1.00 bits per heavy atom. The van der Waals surface area contributed by atoms with Gasteiger partial charge in [-0.1, -0.05) is 79.9 Å². The zero-order chi connectivity index (χ0) is 22.0. The van der Waals surface area contributed by atoms with Crippen LogP contribution < -0.4 is 4.57 Å². The second-order valence-electron chi connectivity index (χ2n) is 8.82. The van der Waals surface area contributed by atoms with Crippen LogP contribution in [0.1, 0.15) is 6.42 Å². The number of halogens is 2. The maximum atomic E-state index is 4.96. The fourth-order valence-electron chi connectivity index (χ4n) is 5.80. The van der Waals surface area contributed by atoms with Gasteiger partial charge in [0.05, 0.1) is 0 Å². The molecule has 0 bridgehead atoms. The molecule has 4 atom stereocenters. The summed E-state index contributed by atoms with van der Waals surface area (Å²) in [4.78, 5) is 0. The van der Waals surface area contributed by atoms with Gasteiger partial charge in [0.25, 0.3) is 0 Å². The van der Waals surface area contributed by atoms with Crippen LogP contribution in [0.25, 0.3) is 5.32 Å². The molecular weight excluding hydrogens is 487 g/mol. The number of anilines is 2. The molecule has 2 nitrogen and oxygen atoms in total. The molecule has 0 amide bonds. The summed E-state index contributed by atoms with van der Waals surface area (Å²) in [6.45, 7) is 9.32. The molecule has 5 rings (SSSR count). The van der Waals surface area contributed by atoms with Crippen LogP contribution in [-0.2, 0) is 17.0 Å². The molecule has 0 N–H and O–H groups in total. The number of para-hydroxylation sites is 4. The number of allylic oxidation sites excluding steroid dienone is 5. The van der Waals surface area contributed by atoms with Gasteiger partial charge in [-0.05, 0) is 41.8 Å². The van der Waals surface area contributed by atoms with E-state index in [1.54, 1.807) is 0 Å². The second kappa shape index (κ2) is 10.8. The molecule has 2 aromatic carbocycles. The van der Waals surface area contributed by atoms with Gasteiger partial charge in [-0.3, -0.25) is 0 Å². The van der Waals surface area contributed by atoms with E-state index in [4.69, 9.17) is 23.9 Å². The first-order valence-electron chi connectivity index (χ1n) is 10.7. The van der Waals surface area contributed by atoms with Gasteiger partial charge in [0.2, 0.25) is 0 Å². The molecule has 2 aromatic rings. The zero-order valence-corrected chi connectivity index (χ0v) is 23.0. The van der Waals surface area contributed by atoms with Crippen LogP contribution in [0.4, 0.5) is 22.7 Å². The van der Waals surface area contributed by atoms with Crippen LogP contribution in [0, 0.1) is 25.2 Å². The van der Waals surface area contributed by atoms with Gasteiger partial charge >= 0.3 is 35.6 Å². The van der Waals surface area contributed by atoms with E-state index in [2.05, 4.69) is 103 Å². The predicted molar refractivity (Wildman–Crippen MR) is 141 cm³/mol. The Balaban J connectivity index is 0.000000686. The zero-order valence-electron chi connectivity index (χ0n) is 18.9.